The first-order valence-corrected chi connectivity index (χ1v) is 6.95. The summed E-state index contributed by atoms with van der Waals surface area (Å²) in [6.07, 6.45) is -0.570. The number of aliphatic hydroxyl groups is 1. The molecule has 0 saturated carbocycles. The molecule has 0 aliphatic carbocycles. The molecule has 7 heteroatoms. The maximum Gasteiger partial charge on any atom is 0.321 e. The molecular weight excluding hydrogens is 296 g/mol. The van der Waals surface area contributed by atoms with Crippen LogP contribution in [-0.4, -0.2) is 52.2 Å². The number of nitrogens with one attached hydrogen (secondary N) is 1. The number of β-amino-alcohol motifs (C(OH)–C–C–N with tert-alkyl or cyclic N) is 1. The Morgan fingerprint density at radius 2 is 2.19 bits per heavy atom. The second-order valence-corrected chi connectivity index (χ2v) is 5.62. The number of aliphatic carboxylic acids is 1. The average molecular weight is 313 g/mol. The highest BCUT2D eigenvalue weighted by atomic mass is 35.5. The third-order valence-corrected chi connectivity index (χ3v) is 3.71. The topological polar surface area (TPSA) is 89.9 Å². The van der Waals surface area contributed by atoms with Gasteiger partial charge in [-0.2, -0.15) is 0 Å². The molecule has 0 bridgehead atoms. The van der Waals surface area contributed by atoms with Crippen molar-refractivity contribution in [2.75, 3.05) is 18.4 Å². The van der Waals surface area contributed by atoms with Crippen LogP contribution in [-0.2, 0) is 9.59 Å². The maximum absolute atomic E-state index is 12.0. The van der Waals surface area contributed by atoms with Gasteiger partial charge in [0, 0.05) is 23.7 Å². The summed E-state index contributed by atoms with van der Waals surface area (Å²) in [4.78, 5) is 24.6. The molecular formula is C14H17ClN2O4. The van der Waals surface area contributed by atoms with Gasteiger partial charge in [-0.15, -0.1) is 0 Å². The van der Waals surface area contributed by atoms with Gasteiger partial charge in [0.25, 0.3) is 0 Å². The number of benzene rings is 1. The minimum Gasteiger partial charge on any atom is -0.480 e. The van der Waals surface area contributed by atoms with E-state index in [0.29, 0.717) is 10.7 Å². The van der Waals surface area contributed by atoms with Crippen molar-refractivity contribution >= 4 is 29.2 Å². The molecule has 1 heterocycles. The Bertz CT molecular complexity index is 564. The van der Waals surface area contributed by atoms with Gasteiger partial charge in [-0.25, -0.2) is 0 Å². The van der Waals surface area contributed by atoms with Gasteiger partial charge >= 0.3 is 5.97 Å². The Morgan fingerprint density at radius 1 is 1.48 bits per heavy atom. The molecule has 1 saturated heterocycles. The third-order valence-electron chi connectivity index (χ3n) is 3.48. The van der Waals surface area contributed by atoms with Crippen molar-refractivity contribution in [2.45, 2.75) is 25.5 Å². The Hall–Kier alpha value is -1.63. The van der Waals surface area contributed by atoms with Crippen LogP contribution in [0.1, 0.15) is 12.0 Å². The molecule has 3 N–H and O–H groups in total. The first kappa shape index (κ1) is 15.8. The van der Waals surface area contributed by atoms with Crippen LogP contribution >= 0.6 is 11.6 Å². The number of likely N-dealkylation sites (tertiary alicyclic amines) is 1. The lowest BCUT2D eigenvalue weighted by Crippen LogP contribution is -2.41. The normalized spacial score (nSPS) is 22.2. The zero-order valence-corrected chi connectivity index (χ0v) is 12.3. The Kier molecular flexibility index (Phi) is 4.82. The van der Waals surface area contributed by atoms with Gasteiger partial charge in [0.15, 0.2) is 0 Å². The van der Waals surface area contributed by atoms with Gasteiger partial charge in [0.2, 0.25) is 5.91 Å². The van der Waals surface area contributed by atoms with E-state index in [-0.39, 0.29) is 25.4 Å². The van der Waals surface area contributed by atoms with Crippen molar-refractivity contribution < 1.29 is 19.8 Å². The van der Waals surface area contributed by atoms with Crippen LogP contribution in [0, 0.1) is 6.92 Å². The minimum absolute atomic E-state index is 0.0733. The number of carboxylic acid groups (broad SMARTS) is 1. The van der Waals surface area contributed by atoms with E-state index in [4.69, 9.17) is 16.7 Å². The van der Waals surface area contributed by atoms with Crippen molar-refractivity contribution in [1.29, 1.82) is 0 Å². The smallest absolute Gasteiger partial charge is 0.321 e. The van der Waals surface area contributed by atoms with Crippen LogP contribution in [0.4, 0.5) is 5.69 Å². The fourth-order valence-electron chi connectivity index (χ4n) is 2.45. The fraction of sp³-hybridized carbons (Fsp3) is 0.429. The monoisotopic (exact) mass is 312 g/mol. The van der Waals surface area contributed by atoms with E-state index in [1.807, 2.05) is 6.92 Å². The Balaban J connectivity index is 1.99. The number of aryl methyl sites for hydroxylation is 1. The number of carbonyl (C=O) groups excluding carboxylic acids is 1. The second-order valence-electron chi connectivity index (χ2n) is 5.18. The van der Waals surface area contributed by atoms with Gasteiger partial charge in [-0.05, 0) is 30.7 Å². The summed E-state index contributed by atoms with van der Waals surface area (Å²) in [7, 11) is 0. The number of carbonyl (C=O) groups is 2. The summed E-state index contributed by atoms with van der Waals surface area (Å²) < 4.78 is 0. The molecule has 1 aliphatic heterocycles. The molecule has 1 aromatic rings. The van der Waals surface area contributed by atoms with Crippen LogP contribution in [0.25, 0.3) is 0 Å². The van der Waals surface area contributed by atoms with Crippen molar-refractivity contribution in [3.8, 4) is 0 Å². The van der Waals surface area contributed by atoms with Gasteiger partial charge in [0.1, 0.15) is 6.04 Å². The predicted molar refractivity (Wildman–Crippen MR) is 78.4 cm³/mol. The highest BCUT2D eigenvalue weighted by Crippen LogP contribution is 2.21. The summed E-state index contributed by atoms with van der Waals surface area (Å²) in [5.74, 6) is -1.34. The highest BCUT2D eigenvalue weighted by molar-refractivity contribution is 6.30. The number of halogens is 1. The van der Waals surface area contributed by atoms with E-state index < -0.39 is 18.1 Å². The van der Waals surface area contributed by atoms with E-state index >= 15 is 0 Å². The number of carboxylic acids is 1. The Morgan fingerprint density at radius 3 is 2.81 bits per heavy atom. The summed E-state index contributed by atoms with van der Waals surface area (Å²) >= 11 is 5.85. The van der Waals surface area contributed by atoms with Gasteiger partial charge < -0.3 is 15.5 Å². The van der Waals surface area contributed by atoms with Crippen molar-refractivity contribution in [3.63, 3.8) is 0 Å². The molecule has 2 atom stereocenters. The molecule has 6 nitrogen and oxygen atoms in total. The quantitative estimate of drug-likeness (QED) is 0.775. The second kappa shape index (κ2) is 6.43. The number of amides is 1. The molecule has 0 aromatic heterocycles. The molecule has 21 heavy (non-hydrogen) atoms. The number of nitrogens with zero attached hydrogens (tertiary/aromatic N) is 1. The largest absolute Gasteiger partial charge is 0.480 e. The first-order valence-electron chi connectivity index (χ1n) is 6.57. The van der Waals surface area contributed by atoms with E-state index in [1.165, 1.54) is 4.90 Å². The lowest BCUT2D eigenvalue weighted by Gasteiger charge is -2.20. The molecule has 2 rings (SSSR count). The molecule has 0 radical (unpaired) electrons. The number of aliphatic hydroxyl groups excluding tert-OH is 1. The molecule has 2 unspecified atom stereocenters. The minimum atomic E-state index is -1.03. The van der Waals surface area contributed by atoms with E-state index in [9.17, 15) is 14.7 Å². The summed E-state index contributed by atoms with van der Waals surface area (Å²) in [5, 5.41) is 21.9. The summed E-state index contributed by atoms with van der Waals surface area (Å²) in [6, 6.07) is 4.28. The SMILES string of the molecule is Cc1cc(Cl)ccc1NC(=O)CN1CC(O)CC1C(=O)O. The summed E-state index contributed by atoms with van der Waals surface area (Å²) in [6.45, 7) is 1.93. The van der Waals surface area contributed by atoms with E-state index in [1.54, 1.807) is 18.2 Å². The van der Waals surface area contributed by atoms with Crippen LogP contribution in [0.5, 0.6) is 0 Å². The number of hydrogen-bond donors (Lipinski definition) is 3. The molecule has 114 valence electrons. The number of rotatable bonds is 4. The highest BCUT2D eigenvalue weighted by Gasteiger charge is 2.36. The van der Waals surface area contributed by atoms with Gasteiger partial charge in [-0.1, -0.05) is 11.6 Å². The molecule has 1 amide bonds. The zero-order chi connectivity index (χ0) is 15.6. The van der Waals surface area contributed by atoms with Crippen LogP contribution in [0.15, 0.2) is 18.2 Å². The average Bonchev–Trinajstić information content (AvgIpc) is 2.74. The predicted octanol–water partition coefficient (Wildman–Crippen LogP) is 1.11. The summed E-state index contributed by atoms with van der Waals surface area (Å²) in [5.41, 5.74) is 1.46. The van der Waals surface area contributed by atoms with Crippen molar-refractivity contribution in [2.24, 2.45) is 0 Å². The van der Waals surface area contributed by atoms with Crippen LogP contribution in [0.3, 0.4) is 0 Å². The number of hydrogen-bond acceptors (Lipinski definition) is 4. The van der Waals surface area contributed by atoms with E-state index in [2.05, 4.69) is 5.32 Å². The molecule has 1 fully saturated rings. The lowest BCUT2D eigenvalue weighted by atomic mass is 10.2. The third kappa shape index (κ3) is 3.93. The van der Waals surface area contributed by atoms with Gasteiger partial charge in [-0.3, -0.25) is 14.5 Å². The van der Waals surface area contributed by atoms with E-state index in [0.717, 1.165) is 5.56 Å². The lowest BCUT2D eigenvalue weighted by molar-refractivity contribution is -0.142. The maximum atomic E-state index is 12.0. The molecule has 1 aromatic carbocycles. The fourth-order valence-corrected chi connectivity index (χ4v) is 2.68. The zero-order valence-electron chi connectivity index (χ0n) is 11.5. The first-order chi connectivity index (χ1) is 9.86. The van der Waals surface area contributed by atoms with Crippen LogP contribution in [0.2, 0.25) is 5.02 Å². The van der Waals surface area contributed by atoms with Crippen molar-refractivity contribution in [1.82, 2.24) is 4.90 Å². The van der Waals surface area contributed by atoms with Crippen molar-refractivity contribution in [3.05, 3.63) is 28.8 Å². The number of anilines is 1. The van der Waals surface area contributed by atoms with Gasteiger partial charge in [0.05, 0.1) is 12.6 Å². The Labute approximate surface area is 127 Å². The standard InChI is InChI=1S/C14H17ClN2O4/c1-8-4-9(15)2-3-11(8)16-13(19)7-17-6-10(18)5-12(17)14(20)21/h2-4,10,12,18H,5-7H2,1H3,(H,16,19)(H,20,21). The molecule has 1 aliphatic rings. The van der Waals surface area contributed by atoms with Crippen LogP contribution < -0.4 is 5.32 Å². The molecule has 0 spiro atoms.